The Balaban J connectivity index is 2.07. The normalized spacial score (nSPS) is 14.5. The van der Waals surface area contributed by atoms with Gasteiger partial charge in [0.25, 0.3) is 0 Å². The van der Waals surface area contributed by atoms with E-state index in [0.29, 0.717) is 18.2 Å². The highest BCUT2D eigenvalue weighted by Crippen LogP contribution is 2.33. The largest absolute Gasteiger partial charge is 0.310 e. The van der Waals surface area contributed by atoms with Crippen LogP contribution in [0, 0.1) is 17.5 Å². The number of rotatable bonds is 4. The first-order valence-electron chi connectivity index (χ1n) is 6.72. The van der Waals surface area contributed by atoms with Gasteiger partial charge in [-0.1, -0.05) is 6.07 Å². The average Bonchev–Trinajstić information content (AvgIpc) is 3.27. The zero-order chi connectivity index (χ0) is 15.0. The molecule has 2 aromatic carbocycles. The van der Waals surface area contributed by atoms with Crippen molar-refractivity contribution in [3.05, 3.63) is 57.8 Å². The molecule has 1 nitrogen and oxygen atoms in total. The predicted molar refractivity (Wildman–Crippen MR) is 79.3 cm³/mol. The summed E-state index contributed by atoms with van der Waals surface area (Å²) in [6.07, 6.45) is 2.21. The summed E-state index contributed by atoms with van der Waals surface area (Å²) in [7, 11) is 0. The molecule has 0 radical (unpaired) electrons. The van der Waals surface area contributed by atoms with Crippen molar-refractivity contribution < 1.29 is 13.2 Å². The molecule has 0 unspecified atom stereocenters. The summed E-state index contributed by atoms with van der Waals surface area (Å²) in [5, 5.41) is 3.28. The van der Waals surface area contributed by atoms with E-state index < -0.39 is 17.5 Å². The van der Waals surface area contributed by atoms with E-state index in [2.05, 4.69) is 21.2 Å². The van der Waals surface area contributed by atoms with E-state index >= 15 is 0 Å². The molecule has 21 heavy (non-hydrogen) atoms. The maximum Gasteiger partial charge on any atom is 0.148 e. The molecular formula is C16H13BrF3N. The molecule has 1 saturated carbocycles. The molecule has 0 spiro atoms. The van der Waals surface area contributed by atoms with E-state index in [1.54, 1.807) is 6.07 Å². The van der Waals surface area contributed by atoms with Gasteiger partial charge in [-0.05, 0) is 64.2 Å². The van der Waals surface area contributed by atoms with Gasteiger partial charge in [0.05, 0.1) is 10.0 Å². The van der Waals surface area contributed by atoms with Gasteiger partial charge < -0.3 is 5.32 Å². The van der Waals surface area contributed by atoms with Crippen molar-refractivity contribution in [2.45, 2.75) is 25.4 Å². The second kappa shape index (κ2) is 5.81. The van der Waals surface area contributed by atoms with Gasteiger partial charge in [0.2, 0.25) is 0 Å². The summed E-state index contributed by atoms with van der Waals surface area (Å²) >= 11 is 3.04. The first-order valence-corrected chi connectivity index (χ1v) is 7.51. The molecule has 0 amide bonds. The summed E-state index contributed by atoms with van der Waals surface area (Å²) in [5.41, 5.74) is 0.732. The van der Waals surface area contributed by atoms with Gasteiger partial charge >= 0.3 is 0 Å². The predicted octanol–water partition coefficient (Wildman–Crippen LogP) is 4.79. The van der Waals surface area contributed by atoms with Crippen molar-refractivity contribution in [3.63, 3.8) is 0 Å². The molecule has 0 aliphatic heterocycles. The topological polar surface area (TPSA) is 12.0 Å². The molecule has 0 bridgehead atoms. The number of halogens is 4. The Bertz CT molecular complexity index is 683. The van der Waals surface area contributed by atoms with Gasteiger partial charge in [0, 0.05) is 12.6 Å². The van der Waals surface area contributed by atoms with Crippen LogP contribution in [0.15, 0.2) is 34.8 Å². The molecule has 3 rings (SSSR count). The van der Waals surface area contributed by atoms with Crippen LogP contribution < -0.4 is 5.32 Å². The van der Waals surface area contributed by atoms with Gasteiger partial charge in [0.15, 0.2) is 0 Å². The first kappa shape index (κ1) is 14.6. The van der Waals surface area contributed by atoms with Crippen molar-refractivity contribution in [1.82, 2.24) is 5.32 Å². The van der Waals surface area contributed by atoms with E-state index in [-0.39, 0.29) is 15.6 Å². The Hall–Kier alpha value is -1.33. The molecule has 0 atom stereocenters. The highest BCUT2D eigenvalue weighted by atomic mass is 79.9. The van der Waals surface area contributed by atoms with Crippen molar-refractivity contribution in [2.75, 3.05) is 0 Å². The Morgan fingerprint density at radius 1 is 1.10 bits per heavy atom. The second-order valence-electron chi connectivity index (χ2n) is 5.17. The molecule has 110 valence electrons. The Morgan fingerprint density at radius 3 is 2.57 bits per heavy atom. The third-order valence-corrected chi connectivity index (χ3v) is 4.16. The molecule has 1 fully saturated rings. The highest BCUT2D eigenvalue weighted by Gasteiger charge is 2.22. The average molecular weight is 356 g/mol. The molecule has 5 heteroatoms. The third kappa shape index (κ3) is 3.14. The van der Waals surface area contributed by atoms with Crippen LogP contribution in [0.5, 0.6) is 0 Å². The Labute approximate surface area is 129 Å². The summed E-state index contributed by atoms with van der Waals surface area (Å²) in [5.74, 6) is -1.93. The lowest BCUT2D eigenvalue weighted by molar-refractivity contribution is 0.583. The van der Waals surface area contributed by atoms with Crippen molar-refractivity contribution in [1.29, 1.82) is 0 Å². The van der Waals surface area contributed by atoms with Gasteiger partial charge in [-0.2, -0.15) is 0 Å². The highest BCUT2D eigenvalue weighted by molar-refractivity contribution is 9.10. The lowest BCUT2D eigenvalue weighted by Crippen LogP contribution is -2.16. The number of hydrogen-bond acceptors (Lipinski definition) is 1. The lowest BCUT2D eigenvalue weighted by atomic mass is 9.98. The zero-order valence-corrected chi connectivity index (χ0v) is 12.7. The van der Waals surface area contributed by atoms with Crippen LogP contribution in [0.1, 0.15) is 18.4 Å². The minimum Gasteiger partial charge on any atom is -0.310 e. The number of nitrogens with one attached hydrogen (secondary N) is 1. The van der Waals surface area contributed by atoms with Gasteiger partial charge in [-0.3, -0.25) is 0 Å². The summed E-state index contributed by atoms with van der Waals surface area (Å²) in [6.45, 7) is 0.464. The van der Waals surface area contributed by atoms with Crippen molar-refractivity contribution >= 4 is 15.9 Å². The monoisotopic (exact) mass is 355 g/mol. The summed E-state index contributed by atoms with van der Waals surface area (Å²) in [4.78, 5) is 0. The van der Waals surface area contributed by atoms with Crippen LogP contribution in [0.3, 0.4) is 0 Å². The van der Waals surface area contributed by atoms with E-state index in [4.69, 9.17) is 0 Å². The lowest BCUT2D eigenvalue weighted by Gasteiger charge is -2.13. The number of hydrogen-bond donors (Lipinski definition) is 1. The van der Waals surface area contributed by atoms with E-state index in [9.17, 15) is 13.2 Å². The molecule has 1 N–H and O–H groups in total. The molecule has 2 aromatic rings. The van der Waals surface area contributed by atoms with Crippen molar-refractivity contribution in [2.24, 2.45) is 0 Å². The maximum atomic E-state index is 14.2. The molecule has 1 aliphatic carbocycles. The molecule has 0 saturated heterocycles. The van der Waals surface area contributed by atoms with Crippen LogP contribution in [0.2, 0.25) is 0 Å². The fourth-order valence-corrected chi connectivity index (χ4v) is 2.58. The van der Waals surface area contributed by atoms with Crippen LogP contribution >= 0.6 is 15.9 Å². The Kier molecular flexibility index (Phi) is 4.04. The zero-order valence-electron chi connectivity index (χ0n) is 11.1. The van der Waals surface area contributed by atoms with Crippen LogP contribution in [-0.4, -0.2) is 6.04 Å². The molecule has 0 heterocycles. The van der Waals surface area contributed by atoms with Crippen LogP contribution in [0.4, 0.5) is 13.2 Å². The fraction of sp³-hybridized carbons (Fsp3) is 0.250. The Morgan fingerprint density at radius 2 is 1.86 bits per heavy atom. The SMILES string of the molecule is Fc1ccc(CNC2CC2)c(-c2c(F)ccc(Br)c2F)c1. The van der Waals surface area contributed by atoms with Gasteiger partial charge in [-0.25, -0.2) is 13.2 Å². The number of benzene rings is 2. The molecular weight excluding hydrogens is 343 g/mol. The minimum absolute atomic E-state index is 0.157. The standard InChI is InChI=1S/C16H13BrF3N/c17-13-5-6-14(19)15(16(13)20)12-7-10(18)2-1-9(12)8-21-11-3-4-11/h1-2,5-7,11,21H,3-4,8H2. The molecule has 0 aromatic heterocycles. The van der Waals surface area contributed by atoms with Gasteiger partial charge in [0.1, 0.15) is 17.5 Å². The molecule has 1 aliphatic rings. The van der Waals surface area contributed by atoms with Crippen molar-refractivity contribution in [3.8, 4) is 11.1 Å². The summed E-state index contributed by atoms with van der Waals surface area (Å²) < 4.78 is 42.0. The van der Waals surface area contributed by atoms with E-state index in [0.717, 1.165) is 12.8 Å². The first-order chi connectivity index (χ1) is 10.1. The minimum atomic E-state index is -0.715. The van der Waals surface area contributed by atoms with Crippen LogP contribution in [-0.2, 0) is 6.54 Å². The van der Waals surface area contributed by atoms with E-state index in [1.165, 1.54) is 24.3 Å². The quantitative estimate of drug-likeness (QED) is 0.777. The fourth-order valence-electron chi connectivity index (χ4n) is 2.25. The third-order valence-electron chi connectivity index (χ3n) is 3.54. The summed E-state index contributed by atoms with van der Waals surface area (Å²) in [6, 6.07) is 6.99. The van der Waals surface area contributed by atoms with E-state index in [1.807, 2.05) is 0 Å². The second-order valence-corrected chi connectivity index (χ2v) is 6.03. The smallest absolute Gasteiger partial charge is 0.148 e. The van der Waals surface area contributed by atoms with Gasteiger partial charge in [-0.15, -0.1) is 0 Å². The maximum absolute atomic E-state index is 14.2. The van der Waals surface area contributed by atoms with Crippen LogP contribution in [0.25, 0.3) is 11.1 Å².